The second kappa shape index (κ2) is 4.44. The number of aromatic nitrogens is 2. The van der Waals surface area contributed by atoms with E-state index in [1.807, 2.05) is 50.6 Å². The maximum absolute atomic E-state index is 11.3. The third-order valence-corrected chi connectivity index (χ3v) is 3.42. The summed E-state index contributed by atoms with van der Waals surface area (Å²) in [5, 5.41) is 9.30. The summed E-state index contributed by atoms with van der Waals surface area (Å²) in [5.74, 6) is -0.267. The van der Waals surface area contributed by atoms with E-state index in [1.54, 1.807) is 0 Å². The predicted molar refractivity (Wildman–Crippen MR) is 70.7 cm³/mol. The number of hydrogen-bond acceptors (Lipinski definition) is 2. The first-order chi connectivity index (χ1) is 8.41. The molecule has 4 nitrogen and oxygen atoms in total. The summed E-state index contributed by atoms with van der Waals surface area (Å²) in [6.07, 6.45) is 0. The van der Waals surface area contributed by atoms with Gasteiger partial charge in [-0.25, -0.2) is 4.98 Å². The van der Waals surface area contributed by atoms with Crippen LogP contribution < -0.4 is 0 Å². The van der Waals surface area contributed by atoms with Gasteiger partial charge in [-0.15, -0.1) is 0 Å². The molecule has 2 rings (SSSR count). The Morgan fingerprint density at radius 2 is 2.06 bits per heavy atom. The van der Waals surface area contributed by atoms with E-state index < -0.39 is 11.9 Å². The van der Waals surface area contributed by atoms with Crippen LogP contribution in [-0.2, 0) is 11.8 Å². The molecular formula is C14H18N2O2. The van der Waals surface area contributed by atoms with Crippen molar-refractivity contribution in [3.63, 3.8) is 0 Å². The van der Waals surface area contributed by atoms with Crippen molar-refractivity contribution in [3.05, 3.63) is 29.6 Å². The number of aliphatic carboxylic acids is 1. The summed E-state index contributed by atoms with van der Waals surface area (Å²) < 4.78 is 2.00. The smallest absolute Gasteiger partial charge is 0.311 e. The van der Waals surface area contributed by atoms with Crippen molar-refractivity contribution in [1.29, 1.82) is 0 Å². The SMILES string of the molecule is Cc1nc2cc(C(C(=O)O)C(C)C)ccc2n1C. The Balaban J connectivity index is 2.55. The Labute approximate surface area is 106 Å². The van der Waals surface area contributed by atoms with E-state index in [9.17, 15) is 9.90 Å². The van der Waals surface area contributed by atoms with Gasteiger partial charge in [0.05, 0.1) is 17.0 Å². The fourth-order valence-corrected chi connectivity index (χ4v) is 2.34. The quantitative estimate of drug-likeness (QED) is 0.906. The molecule has 1 N–H and O–H groups in total. The zero-order valence-corrected chi connectivity index (χ0v) is 11.1. The monoisotopic (exact) mass is 246 g/mol. The Hall–Kier alpha value is -1.84. The normalized spacial score (nSPS) is 13.2. The van der Waals surface area contributed by atoms with Gasteiger partial charge >= 0.3 is 5.97 Å². The van der Waals surface area contributed by atoms with Crippen LogP contribution in [0.5, 0.6) is 0 Å². The standard InChI is InChI=1S/C14H18N2O2/c1-8(2)13(14(17)18)10-5-6-12-11(7-10)15-9(3)16(12)4/h5-8,13H,1-4H3,(H,17,18). The second-order valence-electron chi connectivity index (χ2n) is 5.03. The van der Waals surface area contributed by atoms with Gasteiger partial charge in [0.1, 0.15) is 5.82 Å². The third kappa shape index (κ3) is 1.98. The van der Waals surface area contributed by atoms with Crippen molar-refractivity contribution in [2.75, 3.05) is 0 Å². The lowest BCUT2D eigenvalue weighted by Gasteiger charge is -2.16. The fraction of sp³-hybridized carbons (Fsp3) is 0.429. The molecule has 0 radical (unpaired) electrons. The lowest BCUT2D eigenvalue weighted by molar-refractivity contribution is -0.139. The summed E-state index contributed by atoms with van der Waals surface area (Å²) in [4.78, 5) is 15.8. The Kier molecular flexibility index (Phi) is 3.11. The van der Waals surface area contributed by atoms with Gasteiger partial charge in [-0.3, -0.25) is 4.79 Å². The molecular weight excluding hydrogens is 228 g/mol. The van der Waals surface area contributed by atoms with Crippen molar-refractivity contribution in [1.82, 2.24) is 9.55 Å². The summed E-state index contributed by atoms with van der Waals surface area (Å²) in [6.45, 7) is 5.79. The topological polar surface area (TPSA) is 55.1 Å². The molecule has 1 heterocycles. The van der Waals surface area contributed by atoms with Gasteiger partial charge in [0.2, 0.25) is 0 Å². The van der Waals surface area contributed by atoms with Crippen LogP contribution in [0, 0.1) is 12.8 Å². The Morgan fingerprint density at radius 3 is 2.61 bits per heavy atom. The summed E-state index contributed by atoms with van der Waals surface area (Å²) in [5.41, 5.74) is 2.71. The van der Waals surface area contributed by atoms with Crippen LogP contribution in [0.2, 0.25) is 0 Å². The van der Waals surface area contributed by atoms with E-state index in [-0.39, 0.29) is 5.92 Å². The molecule has 2 aromatic rings. The van der Waals surface area contributed by atoms with Crippen LogP contribution >= 0.6 is 0 Å². The van der Waals surface area contributed by atoms with E-state index in [2.05, 4.69) is 4.98 Å². The van der Waals surface area contributed by atoms with Crippen LogP contribution in [-0.4, -0.2) is 20.6 Å². The number of imidazole rings is 1. The molecule has 0 fully saturated rings. The van der Waals surface area contributed by atoms with Gasteiger partial charge in [-0.05, 0) is 30.5 Å². The molecule has 0 amide bonds. The van der Waals surface area contributed by atoms with E-state index in [0.717, 1.165) is 22.4 Å². The largest absolute Gasteiger partial charge is 0.481 e. The zero-order valence-electron chi connectivity index (χ0n) is 11.1. The van der Waals surface area contributed by atoms with Gasteiger partial charge in [0, 0.05) is 7.05 Å². The number of rotatable bonds is 3. The number of aryl methyl sites for hydroxylation is 2. The number of fused-ring (bicyclic) bond motifs is 1. The molecule has 18 heavy (non-hydrogen) atoms. The van der Waals surface area contributed by atoms with Gasteiger partial charge in [-0.1, -0.05) is 19.9 Å². The maximum atomic E-state index is 11.3. The molecule has 0 bridgehead atoms. The highest BCUT2D eigenvalue weighted by Crippen LogP contribution is 2.27. The van der Waals surface area contributed by atoms with Crippen molar-refractivity contribution in [3.8, 4) is 0 Å². The molecule has 96 valence electrons. The van der Waals surface area contributed by atoms with E-state index in [1.165, 1.54) is 0 Å². The highest BCUT2D eigenvalue weighted by atomic mass is 16.4. The first kappa shape index (κ1) is 12.6. The molecule has 4 heteroatoms. The van der Waals surface area contributed by atoms with Crippen molar-refractivity contribution in [2.45, 2.75) is 26.7 Å². The molecule has 0 aliphatic rings. The van der Waals surface area contributed by atoms with E-state index in [0.29, 0.717) is 0 Å². The van der Waals surface area contributed by atoms with E-state index >= 15 is 0 Å². The van der Waals surface area contributed by atoms with Crippen LogP contribution in [0.1, 0.15) is 31.2 Å². The highest BCUT2D eigenvalue weighted by molar-refractivity contribution is 5.81. The third-order valence-electron chi connectivity index (χ3n) is 3.42. The lowest BCUT2D eigenvalue weighted by atomic mass is 9.88. The summed E-state index contributed by atoms with van der Waals surface area (Å²) >= 11 is 0. The number of carbonyl (C=O) groups is 1. The molecule has 1 unspecified atom stereocenters. The molecule has 0 aliphatic carbocycles. The number of carboxylic acid groups (broad SMARTS) is 1. The number of hydrogen-bond donors (Lipinski definition) is 1. The number of nitrogens with zero attached hydrogens (tertiary/aromatic N) is 2. The molecule has 1 aromatic carbocycles. The molecule has 0 spiro atoms. The molecule has 0 aliphatic heterocycles. The van der Waals surface area contributed by atoms with E-state index in [4.69, 9.17) is 0 Å². The van der Waals surface area contributed by atoms with Crippen molar-refractivity contribution < 1.29 is 9.90 Å². The predicted octanol–water partition coefficient (Wildman–Crippen LogP) is 2.71. The molecule has 1 aromatic heterocycles. The number of carboxylic acids is 1. The summed E-state index contributed by atoms with van der Waals surface area (Å²) in [7, 11) is 1.96. The average molecular weight is 246 g/mol. The average Bonchev–Trinajstić information content (AvgIpc) is 2.53. The Morgan fingerprint density at radius 1 is 1.39 bits per heavy atom. The van der Waals surface area contributed by atoms with Crippen LogP contribution in [0.3, 0.4) is 0 Å². The Bertz CT molecular complexity index is 599. The first-order valence-electron chi connectivity index (χ1n) is 6.07. The highest BCUT2D eigenvalue weighted by Gasteiger charge is 2.24. The van der Waals surface area contributed by atoms with Gasteiger partial charge < -0.3 is 9.67 Å². The van der Waals surface area contributed by atoms with Gasteiger partial charge in [-0.2, -0.15) is 0 Å². The summed E-state index contributed by atoms with van der Waals surface area (Å²) in [6, 6.07) is 5.73. The molecule has 0 saturated carbocycles. The minimum Gasteiger partial charge on any atom is -0.481 e. The second-order valence-corrected chi connectivity index (χ2v) is 5.03. The molecule has 0 saturated heterocycles. The lowest BCUT2D eigenvalue weighted by Crippen LogP contribution is -2.17. The van der Waals surface area contributed by atoms with Crippen molar-refractivity contribution >= 4 is 17.0 Å². The fourth-order valence-electron chi connectivity index (χ4n) is 2.34. The maximum Gasteiger partial charge on any atom is 0.311 e. The van der Waals surface area contributed by atoms with Gasteiger partial charge in [0.15, 0.2) is 0 Å². The van der Waals surface area contributed by atoms with Gasteiger partial charge in [0.25, 0.3) is 0 Å². The van der Waals surface area contributed by atoms with Crippen LogP contribution in [0.4, 0.5) is 0 Å². The van der Waals surface area contributed by atoms with Crippen LogP contribution in [0.25, 0.3) is 11.0 Å². The molecule has 1 atom stereocenters. The number of benzene rings is 1. The zero-order chi connectivity index (χ0) is 13.4. The van der Waals surface area contributed by atoms with Crippen LogP contribution in [0.15, 0.2) is 18.2 Å². The first-order valence-corrected chi connectivity index (χ1v) is 6.07. The minimum atomic E-state index is -0.781. The minimum absolute atomic E-state index is 0.0600. The van der Waals surface area contributed by atoms with Crippen molar-refractivity contribution in [2.24, 2.45) is 13.0 Å².